The summed E-state index contributed by atoms with van der Waals surface area (Å²) in [5, 5.41) is 29.8. The van der Waals surface area contributed by atoms with Gasteiger partial charge in [-0.05, 0) is 31.2 Å². The highest BCUT2D eigenvalue weighted by molar-refractivity contribution is 7.89. The fourth-order valence-corrected chi connectivity index (χ4v) is 2.53. The number of phenolic OH excluding ortho intramolecular Hbond substituents is 1. The first-order chi connectivity index (χ1) is 12.2. The van der Waals surface area contributed by atoms with Crippen LogP contribution in [0.5, 0.6) is 11.5 Å². The third kappa shape index (κ3) is 4.68. The molecule has 0 spiro atoms. The van der Waals surface area contributed by atoms with Gasteiger partial charge in [0.15, 0.2) is 0 Å². The number of nitrogens with zero attached hydrogens (tertiary/aromatic N) is 2. The lowest BCUT2D eigenvalue weighted by atomic mass is 10.2. The smallest absolute Gasteiger partial charge is 0.295 e. The molecule has 0 atom stereocenters. The Morgan fingerprint density at radius 1 is 1.35 bits per heavy atom. The number of ether oxygens (including phenoxy) is 1. The molecule has 0 aromatic heterocycles. The van der Waals surface area contributed by atoms with Crippen LogP contribution in [0.3, 0.4) is 0 Å². The Kier molecular flexibility index (Phi) is 5.75. The van der Waals surface area contributed by atoms with Gasteiger partial charge in [0.2, 0.25) is 10.0 Å². The van der Waals surface area contributed by atoms with Gasteiger partial charge in [0, 0.05) is 17.7 Å². The molecule has 26 heavy (non-hydrogen) atoms. The van der Waals surface area contributed by atoms with Gasteiger partial charge in [-0.25, -0.2) is 13.6 Å². The Hall–Kier alpha value is -3.18. The van der Waals surface area contributed by atoms with E-state index < -0.39 is 20.6 Å². The maximum absolute atomic E-state index is 11.3. The number of hydrazone groups is 1. The highest BCUT2D eigenvalue weighted by Gasteiger charge is 2.18. The number of nitro benzene ring substituents is 1. The maximum atomic E-state index is 11.3. The van der Waals surface area contributed by atoms with Crippen molar-refractivity contribution in [1.82, 2.24) is 0 Å². The fourth-order valence-electron chi connectivity index (χ4n) is 1.99. The van der Waals surface area contributed by atoms with Crippen molar-refractivity contribution >= 4 is 27.6 Å². The minimum absolute atomic E-state index is 0.0379. The van der Waals surface area contributed by atoms with Crippen LogP contribution in [-0.2, 0) is 10.0 Å². The Morgan fingerprint density at radius 2 is 2.08 bits per heavy atom. The molecule has 2 aromatic rings. The minimum Gasteiger partial charge on any atom is -0.507 e. The van der Waals surface area contributed by atoms with Gasteiger partial charge in [0.05, 0.1) is 22.6 Å². The SMILES string of the molecule is CCOc1ccc(/C=N/Nc2ccc(S(N)(=O)=O)cc2[N+](=O)[O-])c(O)c1. The summed E-state index contributed by atoms with van der Waals surface area (Å²) in [5.74, 6) is 0.407. The first-order valence-corrected chi connectivity index (χ1v) is 8.83. The fraction of sp³-hybridized carbons (Fsp3) is 0.133. The third-order valence-electron chi connectivity index (χ3n) is 3.20. The van der Waals surface area contributed by atoms with Gasteiger partial charge < -0.3 is 9.84 Å². The van der Waals surface area contributed by atoms with Crippen molar-refractivity contribution in [3.05, 3.63) is 52.1 Å². The monoisotopic (exact) mass is 380 g/mol. The van der Waals surface area contributed by atoms with Crippen LogP contribution in [0.15, 0.2) is 46.4 Å². The van der Waals surface area contributed by atoms with Crippen molar-refractivity contribution in [3.8, 4) is 11.5 Å². The van der Waals surface area contributed by atoms with Crippen molar-refractivity contribution in [2.75, 3.05) is 12.0 Å². The molecule has 138 valence electrons. The molecular formula is C15H16N4O6S. The van der Waals surface area contributed by atoms with Crippen LogP contribution in [0.2, 0.25) is 0 Å². The van der Waals surface area contributed by atoms with Gasteiger partial charge in [-0.15, -0.1) is 0 Å². The van der Waals surface area contributed by atoms with E-state index in [0.29, 0.717) is 17.9 Å². The molecule has 0 heterocycles. The summed E-state index contributed by atoms with van der Waals surface area (Å²) in [5.41, 5.74) is 2.24. The van der Waals surface area contributed by atoms with E-state index in [2.05, 4.69) is 10.5 Å². The van der Waals surface area contributed by atoms with Crippen molar-refractivity contribution < 1.29 is 23.2 Å². The molecule has 0 saturated heterocycles. The van der Waals surface area contributed by atoms with Gasteiger partial charge in [0.25, 0.3) is 5.69 Å². The molecule has 11 heteroatoms. The summed E-state index contributed by atoms with van der Waals surface area (Å²) in [7, 11) is -4.07. The third-order valence-corrected chi connectivity index (χ3v) is 4.11. The number of sulfonamides is 1. The van der Waals surface area contributed by atoms with E-state index in [1.165, 1.54) is 18.3 Å². The van der Waals surface area contributed by atoms with Crippen molar-refractivity contribution in [2.45, 2.75) is 11.8 Å². The lowest BCUT2D eigenvalue weighted by molar-refractivity contribution is -0.384. The first-order valence-electron chi connectivity index (χ1n) is 7.28. The van der Waals surface area contributed by atoms with Gasteiger partial charge in [-0.1, -0.05) is 0 Å². The number of nitro groups is 1. The first kappa shape index (κ1) is 19.1. The Bertz CT molecular complexity index is 959. The van der Waals surface area contributed by atoms with Crippen molar-refractivity contribution in [2.24, 2.45) is 10.2 Å². The quantitative estimate of drug-likeness (QED) is 0.375. The van der Waals surface area contributed by atoms with Gasteiger partial charge in [-0.2, -0.15) is 5.10 Å². The van der Waals surface area contributed by atoms with Crippen LogP contribution in [0.25, 0.3) is 0 Å². The number of rotatable bonds is 7. The molecule has 0 amide bonds. The minimum atomic E-state index is -4.07. The summed E-state index contributed by atoms with van der Waals surface area (Å²) < 4.78 is 27.8. The summed E-state index contributed by atoms with van der Waals surface area (Å²) in [6.45, 7) is 2.26. The zero-order valence-corrected chi connectivity index (χ0v) is 14.4. The normalized spacial score (nSPS) is 11.5. The Labute approximate surface area is 149 Å². The zero-order valence-electron chi connectivity index (χ0n) is 13.6. The number of anilines is 1. The summed E-state index contributed by atoms with van der Waals surface area (Å²) >= 11 is 0. The molecule has 0 bridgehead atoms. The van der Waals surface area contributed by atoms with Crippen LogP contribution < -0.4 is 15.3 Å². The number of nitrogens with one attached hydrogen (secondary N) is 1. The van der Waals surface area contributed by atoms with E-state index in [1.54, 1.807) is 12.1 Å². The molecule has 10 nitrogen and oxygen atoms in total. The molecular weight excluding hydrogens is 364 g/mol. The summed E-state index contributed by atoms with van der Waals surface area (Å²) in [4.78, 5) is 9.96. The van der Waals surface area contributed by atoms with E-state index in [4.69, 9.17) is 9.88 Å². The molecule has 0 radical (unpaired) electrons. The van der Waals surface area contributed by atoms with Crippen LogP contribution in [0.4, 0.5) is 11.4 Å². The predicted octanol–water partition coefficient (Wildman–Crippen LogP) is 1.79. The van der Waals surface area contributed by atoms with E-state index in [9.17, 15) is 23.6 Å². The molecule has 0 unspecified atom stereocenters. The average Bonchev–Trinajstić information content (AvgIpc) is 2.56. The topological polar surface area (TPSA) is 157 Å². The number of hydrogen-bond donors (Lipinski definition) is 3. The van der Waals surface area contributed by atoms with Crippen LogP contribution in [0, 0.1) is 10.1 Å². The van der Waals surface area contributed by atoms with Crippen LogP contribution in [0.1, 0.15) is 12.5 Å². The van der Waals surface area contributed by atoms with E-state index in [1.807, 2.05) is 6.92 Å². The van der Waals surface area contributed by atoms with Crippen molar-refractivity contribution in [1.29, 1.82) is 0 Å². The Morgan fingerprint density at radius 3 is 2.65 bits per heavy atom. The van der Waals surface area contributed by atoms with E-state index >= 15 is 0 Å². The molecule has 2 aromatic carbocycles. The Balaban J connectivity index is 2.24. The van der Waals surface area contributed by atoms with Gasteiger partial charge >= 0.3 is 0 Å². The molecule has 0 aliphatic carbocycles. The molecule has 0 aliphatic heterocycles. The highest BCUT2D eigenvalue weighted by Crippen LogP contribution is 2.27. The second-order valence-corrected chi connectivity index (χ2v) is 6.57. The van der Waals surface area contributed by atoms with Gasteiger partial charge in [0.1, 0.15) is 17.2 Å². The number of hydrogen-bond acceptors (Lipinski definition) is 8. The number of aromatic hydroxyl groups is 1. The van der Waals surface area contributed by atoms with Crippen LogP contribution in [-0.4, -0.2) is 31.3 Å². The lowest BCUT2D eigenvalue weighted by Gasteiger charge is -2.06. The summed E-state index contributed by atoms with van der Waals surface area (Å²) in [6, 6.07) is 7.73. The highest BCUT2D eigenvalue weighted by atomic mass is 32.2. The lowest BCUT2D eigenvalue weighted by Crippen LogP contribution is -2.12. The number of phenols is 1. The second kappa shape index (κ2) is 7.80. The van der Waals surface area contributed by atoms with E-state index in [-0.39, 0.29) is 16.3 Å². The largest absolute Gasteiger partial charge is 0.507 e. The van der Waals surface area contributed by atoms with Gasteiger partial charge in [-0.3, -0.25) is 15.5 Å². The van der Waals surface area contributed by atoms with Crippen LogP contribution >= 0.6 is 0 Å². The second-order valence-electron chi connectivity index (χ2n) is 5.00. The van der Waals surface area contributed by atoms with E-state index in [0.717, 1.165) is 12.1 Å². The number of benzene rings is 2. The summed E-state index contributed by atoms with van der Waals surface area (Å²) in [6.07, 6.45) is 1.25. The van der Waals surface area contributed by atoms with Crippen molar-refractivity contribution in [3.63, 3.8) is 0 Å². The standard InChI is InChI=1S/C15H16N4O6S/c1-2-25-11-4-3-10(15(20)7-11)9-17-18-13-6-5-12(26(16,23)24)8-14(13)19(21)22/h3-9,18,20H,2H2,1H3,(H2,16,23,24)/b17-9+. The number of nitrogens with two attached hydrogens (primary N) is 1. The zero-order chi connectivity index (χ0) is 19.3. The predicted molar refractivity (Wildman–Crippen MR) is 95.0 cm³/mol. The molecule has 0 aliphatic rings. The molecule has 4 N–H and O–H groups in total. The molecule has 0 saturated carbocycles. The molecule has 2 rings (SSSR count). The maximum Gasteiger partial charge on any atom is 0.295 e. The number of primary sulfonamides is 1. The molecule has 0 fully saturated rings. The average molecular weight is 380 g/mol.